The first-order chi connectivity index (χ1) is 9.15. The molecule has 2 aromatic rings. The third-order valence-electron chi connectivity index (χ3n) is 2.49. The summed E-state index contributed by atoms with van der Waals surface area (Å²) in [4.78, 5) is 16.2. The number of para-hydroxylation sites is 1. The third-order valence-corrected chi connectivity index (χ3v) is 2.49. The molecule has 2 rings (SSSR count). The molecule has 0 fully saturated rings. The zero-order valence-corrected chi connectivity index (χ0v) is 11.1. The molecule has 0 unspecified atom stereocenters. The molecular weight excluding hydrogens is 238 g/mol. The van der Waals surface area contributed by atoms with Crippen LogP contribution in [0.5, 0.6) is 0 Å². The highest BCUT2D eigenvalue weighted by Gasteiger charge is 2.07. The van der Waals surface area contributed by atoms with Crippen LogP contribution in [0.2, 0.25) is 0 Å². The molecule has 4 nitrogen and oxygen atoms in total. The summed E-state index contributed by atoms with van der Waals surface area (Å²) in [6.07, 6.45) is 3.27. The monoisotopic (exact) mass is 255 g/mol. The van der Waals surface area contributed by atoms with E-state index in [-0.39, 0.29) is 5.91 Å². The first kappa shape index (κ1) is 13.1. The van der Waals surface area contributed by atoms with E-state index in [1.165, 1.54) is 0 Å². The van der Waals surface area contributed by atoms with Crippen LogP contribution in [0.25, 0.3) is 0 Å². The van der Waals surface area contributed by atoms with Crippen LogP contribution in [0, 0.1) is 0 Å². The Hall–Kier alpha value is -2.36. The fourth-order valence-electron chi connectivity index (χ4n) is 1.70. The maximum absolute atomic E-state index is 12.1. The van der Waals surface area contributed by atoms with Gasteiger partial charge in [-0.2, -0.15) is 0 Å². The second kappa shape index (κ2) is 6.00. The molecule has 0 aliphatic carbocycles. The lowest BCUT2D eigenvalue weighted by Gasteiger charge is -2.10. The quantitative estimate of drug-likeness (QED) is 0.882. The van der Waals surface area contributed by atoms with Crippen LogP contribution in [-0.2, 0) is 0 Å². The topological polar surface area (TPSA) is 54.0 Å². The number of nitrogens with zero attached hydrogens (tertiary/aromatic N) is 1. The van der Waals surface area contributed by atoms with Gasteiger partial charge in [-0.3, -0.25) is 9.78 Å². The number of amides is 1. The smallest absolute Gasteiger partial charge is 0.257 e. The van der Waals surface area contributed by atoms with Crippen molar-refractivity contribution in [2.24, 2.45) is 0 Å². The summed E-state index contributed by atoms with van der Waals surface area (Å²) in [6.45, 7) is 4.08. The standard InChI is InChI=1S/C15H17N3O/c1-11(2)17-14-8-12(9-16-10-14)15(19)18-13-6-4-3-5-7-13/h3-11,17H,1-2H3,(H,18,19). The number of rotatable bonds is 4. The summed E-state index contributed by atoms with van der Waals surface area (Å²) in [5.41, 5.74) is 2.15. The van der Waals surface area contributed by atoms with Gasteiger partial charge in [-0.1, -0.05) is 18.2 Å². The molecule has 0 bridgehead atoms. The largest absolute Gasteiger partial charge is 0.382 e. The molecule has 0 saturated heterocycles. The Morgan fingerprint density at radius 1 is 1.11 bits per heavy atom. The number of hydrogen-bond acceptors (Lipinski definition) is 3. The Morgan fingerprint density at radius 2 is 1.84 bits per heavy atom. The zero-order chi connectivity index (χ0) is 13.7. The Morgan fingerprint density at radius 3 is 2.53 bits per heavy atom. The van der Waals surface area contributed by atoms with Crippen LogP contribution >= 0.6 is 0 Å². The SMILES string of the molecule is CC(C)Nc1cncc(C(=O)Nc2ccccc2)c1. The fraction of sp³-hybridized carbons (Fsp3) is 0.200. The van der Waals surface area contributed by atoms with E-state index in [0.29, 0.717) is 11.6 Å². The highest BCUT2D eigenvalue weighted by molar-refractivity contribution is 6.04. The Bertz CT molecular complexity index is 552. The van der Waals surface area contributed by atoms with E-state index in [2.05, 4.69) is 15.6 Å². The second-order valence-corrected chi connectivity index (χ2v) is 4.58. The van der Waals surface area contributed by atoms with Crippen LogP contribution < -0.4 is 10.6 Å². The van der Waals surface area contributed by atoms with Crippen molar-refractivity contribution >= 4 is 17.3 Å². The van der Waals surface area contributed by atoms with Gasteiger partial charge in [0.1, 0.15) is 0 Å². The summed E-state index contributed by atoms with van der Waals surface area (Å²) < 4.78 is 0. The van der Waals surface area contributed by atoms with Crippen LogP contribution in [0.1, 0.15) is 24.2 Å². The molecule has 0 aliphatic heterocycles. The van der Waals surface area contributed by atoms with Gasteiger partial charge in [0.15, 0.2) is 0 Å². The number of anilines is 2. The maximum atomic E-state index is 12.1. The molecule has 1 aromatic carbocycles. The maximum Gasteiger partial charge on any atom is 0.257 e. The number of benzene rings is 1. The van der Waals surface area contributed by atoms with Crippen molar-refractivity contribution in [1.82, 2.24) is 4.98 Å². The van der Waals surface area contributed by atoms with Gasteiger partial charge < -0.3 is 10.6 Å². The molecule has 2 N–H and O–H groups in total. The summed E-state index contributed by atoms with van der Waals surface area (Å²) in [5.74, 6) is -0.161. The first-order valence-electron chi connectivity index (χ1n) is 6.23. The van der Waals surface area contributed by atoms with Crippen molar-refractivity contribution in [3.8, 4) is 0 Å². The molecule has 4 heteroatoms. The minimum atomic E-state index is -0.161. The van der Waals surface area contributed by atoms with Crippen molar-refractivity contribution in [3.05, 3.63) is 54.4 Å². The third kappa shape index (κ3) is 3.81. The summed E-state index contributed by atoms with van der Waals surface area (Å²) in [5, 5.41) is 6.05. The van der Waals surface area contributed by atoms with Crippen molar-refractivity contribution in [2.75, 3.05) is 10.6 Å². The molecule has 0 aliphatic rings. The van der Waals surface area contributed by atoms with Crippen LogP contribution in [0.15, 0.2) is 48.8 Å². The van der Waals surface area contributed by atoms with Crippen LogP contribution in [-0.4, -0.2) is 16.9 Å². The number of hydrogen-bond donors (Lipinski definition) is 2. The minimum Gasteiger partial charge on any atom is -0.382 e. The van der Waals surface area contributed by atoms with Gasteiger partial charge in [0.2, 0.25) is 0 Å². The highest BCUT2D eigenvalue weighted by atomic mass is 16.1. The van der Waals surface area contributed by atoms with Gasteiger partial charge in [0.05, 0.1) is 11.3 Å². The molecule has 1 aromatic heterocycles. The molecule has 0 atom stereocenters. The minimum absolute atomic E-state index is 0.161. The number of aromatic nitrogens is 1. The van der Waals surface area contributed by atoms with Crippen molar-refractivity contribution < 1.29 is 4.79 Å². The number of carbonyl (C=O) groups is 1. The summed E-state index contributed by atoms with van der Waals surface area (Å²) >= 11 is 0. The molecule has 98 valence electrons. The molecule has 1 heterocycles. The number of pyridine rings is 1. The predicted octanol–water partition coefficient (Wildman–Crippen LogP) is 3.15. The predicted molar refractivity (Wildman–Crippen MR) is 77.4 cm³/mol. The molecule has 0 radical (unpaired) electrons. The Balaban J connectivity index is 2.11. The van der Waals surface area contributed by atoms with E-state index in [1.54, 1.807) is 18.5 Å². The van der Waals surface area contributed by atoms with Crippen molar-refractivity contribution in [1.29, 1.82) is 0 Å². The number of nitrogens with one attached hydrogen (secondary N) is 2. The lowest BCUT2D eigenvalue weighted by atomic mass is 10.2. The first-order valence-corrected chi connectivity index (χ1v) is 6.23. The van der Waals surface area contributed by atoms with Crippen molar-refractivity contribution in [3.63, 3.8) is 0 Å². The van der Waals surface area contributed by atoms with E-state index in [1.807, 2.05) is 44.2 Å². The van der Waals surface area contributed by atoms with Gasteiger partial charge in [0.25, 0.3) is 5.91 Å². The van der Waals surface area contributed by atoms with Gasteiger partial charge >= 0.3 is 0 Å². The van der Waals surface area contributed by atoms with Gasteiger partial charge in [-0.25, -0.2) is 0 Å². The Labute approximate surface area is 112 Å². The van der Waals surface area contributed by atoms with Gasteiger partial charge in [-0.15, -0.1) is 0 Å². The highest BCUT2D eigenvalue weighted by Crippen LogP contribution is 2.12. The van der Waals surface area contributed by atoms with E-state index < -0.39 is 0 Å². The van der Waals surface area contributed by atoms with Crippen molar-refractivity contribution in [2.45, 2.75) is 19.9 Å². The second-order valence-electron chi connectivity index (χ2n) is 4.58. The lowest BCUT2D eigenvalue weighted by Crippen LogP contribution is -2.14. The fourth-order valence-corrected chi connectivity index (χ4v) is 1.70. The van der Waals surface area contributed by atoms with E-state index >= 15 is 0 Å². The zero-order valence-electron chi connectivity index (χ0n) is 11.1. The average Bonchev–Trinajstić information content (AvgIpc) is 2.39. The number of carbonyl (C=O) groups excluding carboxylic acids is 1. The molecular formula is C15H17N3O. The van der Waals surface area contributed by atoms with E-state index in [4.69, 9.17) is 0 Å². The van der Waals surface area contributed by atoms with Crippen LogP contribution in [0.3, 0.4) is 0 Å². The van der Waals surface area contributed by atoms with Gasteiger partial charge in [-0.05, 0) is 32.0 Å². The lowest BCUT2D eigenvalue weighted by molar-refractivity contribution is 0.102. The molecule has 19 heavy (non-hydrogen) atoms. The van der Waals surface area contributed by atoms with E-state index in [0.717, 1.165) is 11.4 Å². The average molecular weight is 255 g/mol. The van der Waals surface area contributed by atoms with Crippen LogP contribution in [0.4, 0.5) is 11.4 Å². The molecule has 0 saturated carbocycles. The summed E-state index contributed by atoms with van der Waals surface area (Å²) in [7, 11) is 0. The Kier molecular flexibility index (Phi) is 4.13. The van der Waals surface area contributed by atoms with Gasteiger partial charge in [0, 0.05) is 24.1 Å². The summed E-state index contributed by atoms with van der Waals surface area (Å²) in [6, 6.07) is 11.5. The molecule has 1 amide bonds. The normalized spacial score (nSPS) is 10.3. The molecule has 0 spiro atoms. The van der Waals surface area contributed by atoms with E-state index in [9.17, 15) is 4.79 Å².